The minimum Gasteiger partial charge on any atom is -0.392 e. The van der Waals surface area contributed by atoms with Gasteiger partial charge in [0.15, 0.2) is 0 Å². The molecule has 0 aliphatic carbocycles. The lowest BCUT2D eigenvalue weighted by molar-refractivity contribution is 0.169. The maximum Gasteiger partial charge on any atom is 0.0679 e. The average molecular weight is 259 g/mol. The first-order valence-corrected chi connectivity index (χ1v) is 5.21. The van der Waals surface area contributed by atoms with Gasteiger partial charge in [-0.1, -0.05) is 13.8 Å². The lowest BCUT2D eigenvalue weighted by atomic mass is 10.0. The van der Waals surface area contributed by atoms with Crippen molar-refractivity contribution >= 4 is 24.8 Å². The number of likely N-dealkylation sites (tertiary alicyclic amines) is 1. The van der Waals surface area contributed by atoms with Crippen LogP contribution in [-0.2, 0) is 0 Å². The number of hydrogen-bond donors (Lipinski definition) is 2. The molecule has 0 saturated carbocycles. The summed E-state index contributed by atoms with van der Waals surface area (Å²) in [5.74, 6) is 0.655. The Labute approximate surface area is 105 Å². The molecule has 1 aliphatic heterocycles. The average Bonchev–Trinajstić information content (AvgIpc) is 2.46. The predicted octanol–water partition coefficient (Wildman–Crippen LogP) is 1.14. The summed E-state index contributed by atoms with van der Waals surface area (Å²) in [5, 5.41) is 12.7. The lowest BCUT2D eigenvalue weighted by Gasteiger charge is -2.25. The van der Waals surface area contributed by atoms with Gasteiger partial charge in [-0.25, -0.2) is 0 Å². The van der Waals surface area contributed by atoms with Crippen molar-refractivity contribution in [2.75, 3.05) is 26.7 Å². The van der Waals surface area contributed by atoms with Crippen molar-refractivity contribution in [2.24, 2.45) is 5.92 Å². The molecule has 0 aromatic heterocycles. The molecule has 2 N–H and O–H groups in total. The molecule has 2 atom stereocenters. The Bertz CT molecular complexity index is 158. The fraction of sp³-hybridized carbons (Fsp3) is 1.00. The monoisotopic (exact) mass is 258 g/mol. The molecule has 15 heavy (non-hydrogen) atoms. The smallest absolute Gasteiger partial charge is 0.0679 e. The fourth-order valence-corrected chi connectivity index (χ4v) is 1.89. The van der Waals surface area contributed by atoms with E-state index in [4.69, 9.17) is 0 Å². The first-order chi connectivity index (χ1) is 6.13. The molecule has 0 aromatic carbocycles. The van der Waals surface area contributed by atoms with Crippen LogP contribution in [0.5, 0.6) is 0 Å². The highest BCUT2D eigenvalue weighted by Gasteiger charge is 2.23. The minimum atomic E-state index is -0.0929. The maximum absolute atomic E-state index is 9.36. The normalized spacial score (nSPS) is 23.4. The second-order valence-electron chi connectivity index (χ2n) is 4.34. The van der Waals surface area contributed by atoms with Crippen LogP contribution < -0.4 is 5.32 Å². The van der Waals surface area contributed by atoms with E-state index in [1.165, 1.54) is 0 Å². The standard InChI is InChI=1S/C10H22N2O.2ClH/c1-8(2)10(11-3)7-12-5-4-9(13)6-12;;/h8-11,13H,4-7H2,1-3H3;2*1H/t9-,10-;;/m0../s1. The van der Waals surface area contributed by atoms with Crippen molar-refractivity contribution in [1.82, 2.24) is 10.2 Å². The van der Waals surface area contributed by atoms with Crippen molar-refractivity contribution in [1.29, 1.82) is 0 Å². The first-order valence-electron chi connectivity index (χ1n) is 5.21. The van der Waals surface area contributed by atoms with E-state index in [1.807, 2.05) is 7.05 Å². The molecule has 0 bridgehead atoms. The molecule has 1 rings (SSSR count). The van der Waals surface area contributed by atoms with E-state index >= 15 is 0 Å². The van der Waals surface area contributed by atoms with Crippen LogP contribution in [0, 0.1) is 5.92 Å². The van der Waals surface area contributed by atoms with Crippen LogP contribution in [0.4, 0.5) is 0 Å². The van der Waals surface area contributed by atoms with Gasteiger partial charge < -0.3 is 10.4 Å². The largest absolute Gasteiger partial charge is 0.392 e. The van der Waals surface area contributed by atoms with Crippen LogP contribution in [-0.4, -0.2) is 48.8 Å². The molecule has 0 aromatic rings. The van der Waals surface area contributed by atoms with Gasteiger partial charge in [-0.05, 0) is 19.4 Å². The highest BCUT2D eigenvalue weighted by atomic mass is 35.5. The Morgan fingerprint density at radius 1 is 1.40 bits per heavy atom. The number of likely N-dealkylation sites (N-methyl/N-ethyl adjacent to an activating group) is 1. The molecule has 5 heteroatoms. The summed E-state index contributed by atoms with van der Waals surface area (Å²) in [6.07, 6.45) is 0.846. The molecule has 1 fully saturated rings. The number of hydrogen-bond acceptors (Lipinski definition) is 3. The van der Waals surface area contributed by atoms with Crippen LogP contribution in [0.1, 0.15) is 20.3 Å². The minimum absolute atomic E-state index is 0. The number of nitrogens with zero attached hydrogens (tertiary/aromatic N) is 1. The van der Waals surface area contributed by atoms with Crippen LogP contribution in [0.3, 0.4) is 0 Å². The zero-order valence-corrected chi connectivity index (χ0v) is 11.4. The highest BCUT2D eigenvalue weighted by Crippen LogP contribution is 2.11. The predicted molar refractivity (Wildman–Crippen MR) is 69.2 cm³/mol. The Kier molecular flexibility index (Phi) is 10.2. The lowest BCUT2D eigenvalue weighted by Crippen LogP contribution is -2.42. The van der Waals surface area contributed by atoms with Crippen LogP contribution in [0.25, 0.3) is 0 Å². The van der Waals surface area contributed by atoms with Crippen molar-refractivity contribution in [2.45, 2.75) is 32.4 Å². The second kappa shape index (κ2) is 8.59. The quantitative estimate of drug-likeness (QED) is 0.794. The molecular formula is C10H24Cl2N2O. The summed E-state index contributed by atoms with van der Waals surface area (Å²) in [7, 11) is 2.01. The summed E-state index contributed by atoms with van der Waals surface area (Å²) in [5.41, 5.74) is 0. The molecule has 94 valence electrons. The van der Waals surface area contributed by atoms with E-state index < -0.39 is 0 Å². The zero-order chi connectivity index (χ0) is 9.84. The zero-order valence-electron chi connectivity index (χ0n) is 9.77. The molecule has 3 nitrogen and oxygen atoms in total. The van der Waals surface area contributed by atoms with Crippen LogP contribution in [0.15, 0.2) is 0 Å². The third-order valence-electron chi connectivity index (χ3n) is 2.88. The van der Waals surface area contributed by atoms with Gasteiger partial charge in [0.1, 0.15) is 0 Å². The third-order valence-corrected chi connectivity index (χ3v) is 2.88. The number of β-amino-alcohol motifs (C(OH)–C–C–N with tert-alkyl or cyclic N) is 1. The van der Waals surface area contributed by atoms with Crippen LogP contribution >= 0.6 is 24.8 Å². The molecule has 1 aliphatic rings. The number of nitrogens with one attached hydrogen (secondary N) is 1. The van der Waals surface area contributed by atoms with Gasteiger partial charge >= 0.3 is 0 Å². The number of aliphatic hydroxyl groups excluding tert-OH is 1. The molecule has 1 heterocycles. The van der Waals surface area contributed by atoms with Crippen molar-refractivity contribution < 1.29 is 5.11 Å². The molecule has 0 unspecified atom stereocenters. The van der Waals surface area contributed by atoms with E-state index in [0.717, 1.165) is 26.1 Å². The number of aliphatic hydroxyl groups is 1. The van der Waals surface area contributed by atoms with Gasteiger partial charge in [-0.3, -0.25) is 4.90 Å². The summed E-state index contributed by atoms with van der Waals surface area (Å²) in [6.45, 7) is 7.42. The van der Waals surface area contributed by atoms with Gasteiger partial charge in [0.25, 0.3) is 0 Å². The van der Waals surface area contributed by atoms with Gasteiger partial charge in [-0.2, -0.15) is 0 Å². The van der Waals surface area contributed by atoms with Gasteiger partial charge in [-0.15, -0.1) is 24.8 Å². The Morgan fingerprint density at radius 2 is 2.00 bits per heavy atom. The van der Waals surface area contributed by atoms with Crippen molar-refractivity contribution in [3.05, 3.63) is 0 Å². The second-order valence-corrected chi connectivity index (χ2v) is 4.34. The third kappa shape index (κ3) is 5.93. The summed E-state index contributed by atoms with van der Waals surface area (Å²) in [4.78, 5) is 2.34. The Balaban J connectivity index is 0. The summed E-state index contributed by atoms with van der Waals surface area (Å²) >= 11 is 0. The summed E-state index contributed by atoms with van der Waals surface area (Å²) in [6, 6.07) is 0.547. The Hall–Kier alpha value is 0.460. The van der Waals surface area contributed by atoms with E-state index in [-0.39, 0.29) is 30.9 Å². The number of halogens is 2. The van der Waals surface area contributed by atoms with E-state index in [9.17, 15) is 5.11 Å². The molecule has 1 saturated heterocycles. The van der Waals surface area contributed by atoms with Gasteiger partial charge in [0, 0.05) is 25.7 Å². The van der Waals surface area contributed by atoms with Crippen LogP contribution in [0.2, 0.25) is 0 Å². The number of rotatable bonds is 4. The van der Waals surface area contributed by atoms with Gasteiger partial charge in [0.05, 0.1) is 6.10 Å². The molecule has 0 spiro atoms. The van der Waals surface area contributed by atoms with Crippen molar-refractivity contribution in [3.8, 4) is 0 Å². The molecule has 0 amide bonds. The maximum atomic E-state index is 9.36. The first kappa shape index (κ1) is 17.8. The van der Waals surface area contributed by atoms with Crippen molar-refractivity contribution in [3.63, 3.8) is 0 Å². The SMILES string of the molecule is CN[C@@H](CN1CC[C@H](O)C1)C(C)C.Cl.Cl. The topological polar surface area (TPSA) is 35.5 Å². The Morgan fingerprint density at radius 3 is 2.33 bits per heavy atom. The van der Waals surface area contributed by atoms with E-state index in [1.54, 1.807) is 0 Å². The van der Waals surface area contributed by atoms with Gasteiger partial charge in [0.2, 0.25) is 0 Å². The van der Waals surface area contributed by atoms with E-state index in [2.05, 4.69) is 24.1 Å². The molecule has 0 radical (unpaired) electrons. The summed E-state index contributed by atoms with van der Waals surface area (Å²) < 4.78 is 0. The van der Waals surface area contributed by atoms with E-state index in [0.29, 0.717) is 12.0 Å². The fourth-order valence-electron chi connectivity index (χ4n) is 1.89. The molecular weight excluding hydrogens is 235 g/mol. The highest BCUT2D eigenvalue weighted by molar-refractivity contribution is 5.85.